The number of halogens is 1. The fraction of sp³-hybridized carbons (Fsp3) is 0.125. The zero-order valence-electron chi connectivity index (χ0n) is 16.7. The molecule has 4 rings (SSSR count). The van der Waals surface area contributed by atoms with Crippen molar-refractivity contribution in [1.82, 2.24) is 4.98 Å². The standard InChI is InChI=1S/C24H21ClN2O2S/c1-3-17-6-8-18(9-7-17)24-21-13-10-19(25)14-22(21)26-15-23(24)27-30(28,29)20-11-4-16(2)5-12-20/h4-15,27H,3H2,1-2H3. The molecule has 152 valence electrons. The Morgan fingerprint density at radius 3 is 2.33 bits per heavy atom. The third-order valence-corrected chi connectivity index (χ3v) is 6.67. The second-order valence-corrected chi connectivity index (χ2v) is 9.30. The van der Waals surface area contributed by atoms with Crippen LogP contribution in [0.25, 0.3) is 22.0 Å². The molecule has 4 aromatic rings. The first-order chi connectivity index (χ1) is 14.4. The minimum absolute atomic E-state index is 0.205. The Bertz CT molecular complexity index is 1320. The van der Waals surface area contributed by atoms with Crippen LogP contribution in [0.15, 0.2) is 77.8 Å². The lowest BCUT2D eigenvalue weighted by Crippen LogP contribution is -2.14. The summed E-state index contributed by atoms with van der Waals surface area (Å²) in [6.45, 7) is 4.01. The minimum Gasteiger partial charge on any atom is -0.277 e. The maximum atomic E-state index is 13.0. The molecule has 1 aromatic heterocycles. The molecule has 0 saturated heterocycles. The average Bonchev–Trinajstić information content (AvgIpc) is 2.74. The van der Waals surface area contributed by atoms with E-state index in [0.717, 1.165) is 28.5 Å². The first-order valence-corrected chi connectivity index (χ1v) is 11.5. The van der Waals surface area contributed by atoms with Crippen molar-refractivity contribution in [2.75, 3.05) is 4.72 Å². The van der Waals surface area contributed by atoms with Gasteiger partial charge in [0.05, 0.1) is 22.3 Å². The van der Waals surface area contributed by atoms with Crippen molar-refractivity contribution in [3.63, 3.8) is 0 Å². The fourth-order valence-corrected chi connectivity index (χ4v) is 4.61. The molecule has 0 spiro atoms. The van der Waals surface area contributed by atoms with Crippen molar-refractivity contribution >= 4 is 38.2 Å². The van der Waals surface area contributed by atoms with E-state index in [1.165, 1.54) is 5.56 Å². The fourth-order valence-electron chi connectivity index (χ4n) is 3.38. The molecule has 4 nitrogen and oxygen atoms in total. The smallest absolute Gasteiger partial charge is 0.261 e. The van der Waals surface area contributed by atoms with Gasteiger partial charge in [-0.05, 0) is 48.7 Å². The summed E-state index contributed by atoms with van der Waals surface area (Å²) in [4.78, 5) is 4.65. The van der Waals surface area contributed by atoms with Crippen LogP contribution in [0.2, 0.25) is 5.02 Å². The van der Waals surface area contributed by atoms with E-state index < -0.39 is 10.0 Å². The van der Waals surface area contributed by atoms with Gasteiger partial charge in [0.2, 0.25) is 0 Å². The van der Waals surface area contributed by atoms with E-state index in [2.05, 4.69) is 28.8 Å². The van der Waals surface area contributed by atoms with Crippen LogP contribution < -0.4 is 4.72 Å². The molecular weight excluding hydrogens is 416 g/mol. The second-order valence-electron chi connectivity index (χ2n) is 7.18. The summed E-state index contributed by atoms with van der Waals surface area (Å²) in [5.74, 6) is 0. The Hall–Kier alpha value is -2.89. The molecule has 0 atom stereocenters. The topological polar surface area (TPSA) is 59.1 Å². The molecule has 0 radical (unpaired) electrons. The van der Waals surface area contributed by atoms with Crippen LogP contribution in [0.3, 0.4) is 0 Å². The highest BCUT2D eigenvalue weighted by molar-refractivity contribution is 7.92. The molecule has 0 aliphatic carbocycles. The van der Waals surface area contributed by atoms with E-state index in [-0.39, 0.29) is 4.90 Å². The van der Waals surface area contributed by atoms with E-state index >= 15 is 0 Å². The van der Waals surface area contributed by atoms with Gasteiger partial charge in [0.1, 0.15) is 0 Å². The summed E-state index contributed by atoms with van der Waals surface area (Å²) in [6.07, 6.45) is 2.48. The average molecular weight is 437 g/mol. The molecule has 0 aliphatic heterocycles. The van der Waals surface area contributed by atoms with Gasteiger partial charge in [-0.15, -0.1) is 0 Å². The highest BCUT2D eigenvalue weighted by Crippen LogP contribution is 2.36. The lowest BCUT2D eigenvalue weighted by molar-refractivity contribution is 0.601. The molecule has 0 saturated carbocycles. The largest absolute Gasteiger partial charge is 0.277 e. The Morgan fingerprint density at radius 1 is 0.967 bits per heavy atom. The Labute approximate surface area is 181 Å². The van der Waals surface area contributed by atoms with Gasteiger partial charge >= 0.3 is 0 Å². The number of nitrogens with one attached hydrogen (secondary N) is 1. The number of anilines is 1. The number of hydrogen-bond donors (Lipinski definition) is 1. The molecule has 0 amide bonds. The number of nitrogens with zero attached hydrogens (tertiary/aromatic N) is 1. The van der Waals surface area contributed by atoms with Gasteiger partial charge in [0.25, 0.3) is 10.0 Å². The SMILES string of the molecule is CCc1ccc(-c2c(NS(=O)(=O)c3ccc(C)cc3)cnc3cc(Cl)ccc23)cc1. The van der Waals surface area contributed by atoms with E-state index in [9.17, 15) is 8.42 Å². The molecule has 1 heterocycles. The van der Waals surface area contributed by atoms with Crippen molar-refractivity contribution < 1.29 is 8.42 Å². The van der Waals surface area contributed by atoms with Gasteiger partial charge in [0, 0.05) is 16.0 Å². The number of sulfonamides is 1. The van der Waals surface area contributed by atoms with Crippen LogP contribution in [0.5, 0.6) is 0 Å². The van der Waals surface area contributed by atoms with Crippen molar-refractivity contribution in [2.45, 2.75) is 25.2 Å². The molecule has 0 aliphatic rings. The van der Waals surface area contributed by atoms with Crippen LogP contribution in [-0.2, 0) is 16.4 Å². The van der Waals surface area contributed by atoms with E-state index in [4.69, 9.17) is 11.6 Å². The predicted octanol–water partition coefficient (Wildman–Crippen LogP) is 6.23. The number of pyridine rings is 1. The number of aryl methyl sites for hydroxylation is 2. The monoisotopic (exact) mass is 436 g/mol. The van der Waals surface area contributed by atoms with Crippen molar-refractivity contribution in [3.8, 4) is 11.1 Å². The van der Waals surface area contributed by atoms with Crippen molar-refractivity contribution in [3.05, 3.63) is 89.1 Å². The minimum atomic E-state index is -3.77. The molecule has 1 N–H and O–H groups in total. The van der Waals surface area contributed by atoms with E-state index in [1.807, 2.05) is 25.1 Å². The molecule has 0 unspecified atom stereocenters. The van der Waals surface area contributed by atoms with Gasteiger partial charge in [0.15, 0.2) is 0 Å². The summed E-state index contributed by atoms with van der Waals surface area (Å²) in [6, 6.07) is 20.3. The van der Waals surface area contributed by atoms with Crippen LogP contribution in [0.1, 0.15) is 18.1 Å². The Balaban J connectivity index is 1.88. The summed E-state index contributed by atoms with van der Waals surface area (Å²) in [5.41, 5.74) is 5.01. The zero-order valence-corrected chi connectivity index (χ0v) is 18.3. The Kier molecular flexibility index (Phi) is 5.50. The summed E-state index contributed by atoms with van der Waals surface area (Å²) >= 11 is 6.14. The molecular formula is C24H21ClN2O2S. The van der Waals surface area contributed by atoms with E-state index in [0.29, 0.717) is 16.2 Å². The molecule has 30 heavy (non-hydrogen) atoms. The van der Waals surface area contributed by atoms with Crippen molar-refractivity contribution in [1.29, 1.82) is 0 Å². The first-order valence-electron chi connectivity index (χ1n) is 9.64. The van der Waals surface area contributed by atoms with Gasteiger partial charge in [-0.2, -0.15) is 0 Å². The molecule has 6 heteroatoms. The third-order valence-electron chi connectivity index (χ3n) is 5.06. The first kappa shape index (κ1) is 20.4. The zero-order chi connectivity index (χ0) is 21.3. The summed E-state index contributed by atoms with van der Waals surface area (Å²) in [5, 5.41) is 1.41. The second kappa shape index (κ2) is 8.09. The summed E-state index contributed by atoms with van der Waals surface area (Å²) in [7, 11) is -3.77. The number of fused-ring (bicyclic) bond motifs is 1. The van der Waals surface area contributed by atoms with Crippen LogP contribution in [0, 0.1) is 6.92 Å². The van der Waals surface area contributed by atoms with Crippen LogP contribution in [0.4, 0.5) is 5.69 Å². The quantitative estimate of drug-likeness (QED) is 0.403. The number of aromatic nitrogens is 1. The van der Waals surface area contributed by atoms with Gasteiger partial charge in [-0.3, -0.25) is 9.71 Å². The van der Waals surface area contributed by atoms with Crippen LogP contribution >= 0.6 is 11.6 Å². The summed E-state index contributed by atoms with van der Waals surface area (Å²) < 4.78 is 28.8. The normalized spacial score (nSPS) is 11.6. The maximum Gasteiger partial charge on any atom is 0.261 e. The highest BCUT2D eigenvalue weighted by Gasteiger charge is 2.19. The van der Waals surface area contributed by atoms with E-state index in [1.54, 1.807) is 42.6 Å². The lowest BCUT2D eigenvalue weighted by Gasteiger charge is -2.16. The third kappa shape index (κ3) is 4.04. The van der Waals surface area contributed by atoms with Gasteiger partial charge in [-0.1, -0.05) is 66.6 Å². The van der Waals surface area contributed by atoms with Gasteiger partial charge < -0.3 is 0 Å². The molecule has 0 bridgehead atoms. The molecule has 0 fully saturated rings. The number of benzene rings is 3. The number of rotatable bonds is 5. The van der Waals surface area contributed by atoms with Gasteiger partial charge in [-0.25, -0.2) is 8.42 Å². The van der Waals surface area contributed by atoms with Crippen LogP contribution in [-0.4, -0.2) is 13.4 Å². The Morgan fingerprint density at radius 2 is 1.67 bits per heavy atom. The molecule has 3 aromatic carbocycles. The predicted molar refractivity (Wildman–Crippen MR) is 124 cm³/mol. The highest BCUT2D eigenvalue weighted by atomic mass is 35.5. The van der Waals surface area contributed by atoms with Crippen molar-refractivity contribution in [2.24, 2.45) is 0 Å². The maximum absolute atomic E-state index is 13.0. The number of hydrogen-bond acceptors (Lipinski definition) is 3. The lowest BCUT2D eigenvalue weighted by atomic mass is 9.98.